The fourth-order valence-corrected chi connectivity index (χ4v) is 2.32. The predicted octanol–water partition coefficient (Wildman–Crippen LogP) is 2.91. The summed E-state index contributed by atoms with van der Waals surface area (Å²) in [6.45, 7) is 3.27. The highest BCUT2D eigenvalue weighted by atomic mass is 16.3. The van der Waals surface area contributed by atoms with Crippen molar-refractivity contribution in [3.63, 3.8) is 0 Å². The maximum Gasteiger partial charge on any atom is 0.226 e. The number of aryl methyl sites for hydroxylation is 1. The molecule has 2 amide bonds. The molecule has 3 N–H and O–H groups in total. The Morgan fingerprint density at radius 3 is 2.43 bits per heavy atom. The summed E-state index contributed by atoms with van der Waals surface area (Å²) in [7, 11) is 0. The SMILES string of the molecule is CC(=O)N[C@@H](CC(=O)Nc1ccc(C)cc1O)c1ccccc1. The van der Waals surface area contributed by atoms with E-state index in [1.165, 1.54) is 6.92 Å². The fraction of sp³-hybridized carbons (Fsp3) is 0.222. The van der Waals surface area contributed by atoms with Gasteiger partial charge in [-0.05, 0) is 30.2 Å². The van der Waals surface area contributed by atoms with Crippen molar-refractivity contribution >= 4 is 17.5 Å². The summed E-state index contributed by atoms with van der Waals surface area (Å²) in [5.41, 5.74) is 2.11. The van der Waals surface area contributed by atoms with Gasteiger partial charge in [0.05, 0.1) is 18.2 Å². The molecule has 0 aromatic heterocycles. The zero-order valence-electron chi connectivity index (χ0n) is 13.2. The molecule has 0 saturated carbocycles. The maximum absolute atomic E-state index is 12.2. The van der Waals surface area contributed by atoms with Crippen LogP contribution in [0.25, 0.3) is 0 Å². The van der Waals surface area contributed by atoms with Gasteiger partial charge in [0.25, 0.3) is 0 Å². The van der Waals surface area contributed by atoms with Gasteiger partial charge in [0, 0.05) is 6.92 Å². The van der Waals surface area contributed by atoms with E-state index in [9.17, 15) is 14.7 Å². The molecule has 0 heterocycles. The van der Waals surface area contributed by atoms with Gasteiger partial charge in [-0.25, -0.2) is 0 Å². The highest BCUT2D eigenvalue weighted by molar-refractivity contribution is 5.93. The Kier molecular flexibility index (Phi) is 5.36. The number of aromatic hydroxyl groups is 1. The van der Waals surface area contributed by atoms with Crippen LogP contribution in [0.5, 0.6) is 5.75 Å². The average molecular weight is 312 g/mol. The molecule has 5 heteroatoms. The Bertz CT molecular complexity index is 699. The number of rotatable bonds is 5. The number of phenolic OH excluding ortho intramolecular Hbond substituents is 1. The second-order valence-electron chi connectivity index (χ2n) is 5.44. The third-order valence-electron chi connectivity index (χ3n) is 3.40. The molecule has 23 heavy (non-hydrogen) atoms. The highest BCUT2D eigenvalue weighted by Gasteiger charge is 2.17. The Hall–Kier alpha value is -2.82. The lowest BCUT2D eigenvalue weighted by Gasteiger charge is -2.18. The Labute approximate surface area is 135 Å². The zero-order valence-corrected chi connectivity index (χ0v) is 13.2. The van der Waals surface area contributed by atoms with Gasteiger partial charge < -0.3 is 15.7 Å². The topological polar surface area (TPSA) is 78.4 Å². The van der Waals surface area contributed by atoms with Crippen LogP contribution in [0.2, 0.25) is 0 Å². The lowest BCUT2D eigenvalue weighted by molar-refractivity contribution is -0.120. The van der Waals surface area contributed by atoms with Crippen molar-refractivity contribution < 1.29 is 14.7 Å². The van der Waals surface area contributed by atoms with Gasteiger partial charge in [-0.15, -0.1) is 0 Å². The van der Waals surface area contributed by atoms with E-state index in [0.29, 0.717) is 5.69 Å². The molecule has 0 saturated heterocycles. The molecule has 0 radical (unpaired) electrons. The zero-order chi connectivity index (χ0) is 16.8. The Balaban J connectivity index is 2.09. The average Bonchev–Trinajstić information content (AvgIpc) is 2.50. The molecule has 0 aliphatic heterocycles. The molecular formula is C18H20N2O3. The van der Waals surface area contributed by atoms with E-state index in [-0.39, 0.29) is 24.0 Å². The molecule has 2 aromatic rings. The van der Waals surface area contributed by atoms with Gasteiger partial charge in [-0.2, -0.15) is 0 Å². The van der Waals surface area contributed by atoms with Gasteiger partial charge in [0.1, 0.15) is 5.75 Å². The number of carbonyl (C=O) groups is 2. The van der Waals surface area contributed by atoms with Crippen LogP contribution < -0.4 is 10.6 Å². The molecule has 0 fully saturated rings. The first-order valence-corrected chi connectivity index (χ1v) is 7.37. The summed E-state index contributed by atoms with van der Waals surface area (Å²) in [6, 6.07) is 13.9. The molecule has 2 rings (SSSR count). The number of nitrogens with one attached hydrogen (secondary N) is 2. The largest absolute Gasteiger partial charge is 0.506 e. The van der Waals surface area contributed by atoms with Crippen molar-refractivity contribution in [1.29, 1.82) is 0 Å². The number of anilines is 1. The smallest absolute Gasteiger partial charge is 0.226 e. The number of phenols is 1. The van der Waals surface area contributed by atoms with Crippen LogP contribution in [0, 0.1) is 6.92 Å². The second-order valence-corrected chi connectivity index (χ2v) is 5.44. The number of benzene rings is 2. The number of carbonyl (C=O) groups excluding carboxylic acids is 2. The van der Waals surface area contributed by atoms with Crippen LogP contribution >= 0.6 is 0 Å². The van der Waals surface area contributed by atoms with E-state index in [0.717, 1.165) is 11.1 Å². The monoisotopic (exact) mass is 312 g/mol. The van der Waals surface area contributed by atoms with Crippen molar-refractivity contribution in [2.45, 2.75) is 26.3 Å². The summed E-state index contributed by atoms with van der Waals surface area (Å²) in [5.74, 6) is -0.467. The van der Waals surface area contributed by atoms with Crippen molar-refractivity contribution in [3.05, 3.63) is 59.7 Å². The van der Waals surface area contributed by atoms with E-state index < -0.39 is 6.04 Å². The molecule has 0 unspecified atom stereocenters. The summed E-state index contributed by atoms with van der Waals surface area (Å²) in [6.07, 6.45) is 0.0803. The molecule has 0 bridgehead atoms. The van der Waals surface area contributed by atoms with Crippen LogP contribution in [0.15, 0.2) is 48.5 Å². The molecular weight excluding hydrogens is 292 g/mol. The fourth-order valence-electron chi connectivity index (χ4n) is 2.32. The van der Waals surface area contributed by atoms with Gasteiger partial charge in [0.2, 0.25) is 11.8 Å². The first kappa shape index (κ1) is 16.5. The van der Waals surface area contributed by atoms with Crippen LogP contribution in [-0.4, -0.2) is 16.9 Å². The Morgan fingerprint density at radius 2 is 1.83 bits per heavy atom. The van der Waals surface area contributed by atoms with Gasteiger partial charge in [0.15, 0.2) is 0 Å². The minimum Gasteiger partial charge on any atom is -0.506 e. The van der Waals surface area contributed by atoms with Crippen LogP contribution in [0.1, 0.15) is 30.5 Å². The first-order valence-electron chi connectivity index (χ1n) is 7.37. The summed E-state index contributed by atoms with van der Waals surface area (Å²) >= 11 is 0. The molecule has 0 aliphatic carbocycles. The van der Waals surface area contributed by atoms with E-state index in [1.54, 1.807) is 18.2 Å². The third-order valence-corrected chi connectivity index (χ3v) is 3.40. The molecule has 1 atom stereocenters. The minimum atomic E-state index is -0.415. The van der Waals surface area contributed by atoms with Gasteiger partial charge >= 0.3 is 0 Å². The number of hydrogen-bond donors (Lipinski definition) is 3. The summed E-state index contributed by atoms with van der Waals surface area (Å²) in [4.78, 5) is 23.6. The predicted molar refractivity (Wildman–Crippen MR) is 89.1 cm³/mol. The summed E-state index contributed by atoms with van der Waals surface area (Å²) < 4.78 is 0. The lowest BCUT2D eigenvalue weighted by atomic mass is 10.0. The molecule has 120 valence electrons. The normalized spacial score (nSPS) is 11.6. The van der Waals surface area contributed by atoms with Gasteiger partial charge in [-0.3, -0.25) is 9.59 Å². The second kappa shape index (κ2) is 7.45. The maximum atomic E-state index is 12.2. The van der Waals surface area contributed by atoms with Crippen LogP contribution in [0.4, 0.5) is 5.69 Å². The standard InChI is InChI=1S/C18H20N2O3/c1-12-8-9-15(17(22)10-12)20-18(23)11-16(19-13(2)21)14-6-4-3-5-7-14/h3-10,16,22H,11H2,1-2H3,(H,19,21)(H,20,23)/t16-/m0/s1. The quantitative estimate of drug-likeness (QED) is 0.743. The molecule has 5 nitrogen and oxygen atoms in total. The van der Waals surface area contributed by atoms with Crippen molar-refractivity contribution in [2.75, 3.05) is 5.32 Å². The van der Waals surface area contributed by atoms with E-state index in [2.05, 4.69) is 10.6 Å². The van der Waals surface area contributed by atoms with Gasteiger partial charge in [-0.1, -0.05) is 36.4 Å². The molecule has 0 aliphatic rings. The first-order chi connectivity index (χ1) is 11.0. The van der Waals surface area contributed by atoms with E-state index in [1.807, 2.05) is 37.3 Å². The van der Waals surface area contributed by atoms with Crippen LogP contribution in [-0.2, 0) is 9.59 Å². The molecule has 0 spiro atoms. The number of hydrogen-bond acceptors (Lipinski definition) is 3. The van der Waals surface area contributed by atoms with Crippen molar-refractivity contribution in [2.24, 2.45) is 0 Å². The van der Waals surface area contributed by atoms with Crippen molar-refractivity contribution in [3.8, 4) is 5.75 Å². The highest BCUT2D eigenvalue weighted by Crippen LogP contribution is 2.25. The third kappa shape index (κ3) is 4.85. The number of amides is 2. The van der Waals surface area contributed by atoms with E-state index >= 15 is 0 Å². The Morgan fingerprint density at radius 1 is 1.13 bits per heavy atom. The minimum absolute atomic E-state index is 0.0224. The van der Waals surface area contributed by atoms with Crippen molar-refractivity contribution in [1.82, 2.24) is 5.32 Å². The summed E-state index contributed by atoms with van der Waals surface area (Å²) in [5, 5.41) is 15.3. The lowest BCUT2D eigenvalue weighted by Crippen LogP contribution is -2.29. The van der Waals surface area contributed by atoms with Crippen LogP contribution in [0.3, 0.4) is 0 Å². The molecule has 2 aromatic carbocycles. The van der Waals surface area contributed by atoms with E-state index in [4.69, 9.17) is 0 Å².